The number of halogens is 1. The van der Waals surface area contributed by atoms with Crippen molar-refractivity contribution in [2.24, 2.45) is 4.99 Å². The SMILES string of the molecule is CCCC(CNC(=NC)NCc1ccccc1F)NC(=O)OC(C)(C)C. The molecular weight excluding hydrogens is 335 g/mol. The lowest BCUT2D eigenvalue weighted by atomic mass is 10.1. The summed E-state index contributed by atoms with van der Waals surface area (Å²) >= 11 is 0. The van der Waals surface area contributed by atoms with E-state index < -0.39 is 11.7 Å². The third-order valence-electron chi connectivity index (χ3n) is 3.50. The molecule has 0 fully saturated rings. The van der Waals surface area contributed by atoms with Gasteiger partial charge in [0.2, 0.25) is 0 Å². The van der Waals surface area contributed by atoms with Gasteiger partial charge < -0.3 is 20.7 Å². The summed E-state index contributed by atoms with van der Waals surface area (Å²) in [4.78, 5) is 16.1. The number of carbonyl (C=O) groups is 1. The maximum Gasteiger partial charge on any atom is 0.407 e. The smallest absolute Gasteiger partial charge is 0.407 e. The normalized spacial score (nSPS) is 13.1. The summed E-state index contributed by atoms with van der Waals surface area (Å²) < 4.78 is 19.0. The Hall–Kier alpha value is -2.31. The zero-order valence-corrected chi connectivity index (χ0v) is 16.4. The van der Waals surface area contributed by atoms with Crippen molar-refractivity contribution < 1.29 is 13.9 Å². The van der Waals surface area contributed by atoms with Gasteiger partial charge in [-0.25, -0.2) is 9.18 Å². The van der Waals surface area contributed by atoms with Gasteiger partial charge in [0.15, 0.2) is 5.96 Å². The molecule has 1 unspecified atom stereocenters. The molecule has 1 rings (SSSR count). The van der Waals surface area contributed by atoms with Crippen LogP contribution in [0.5, 0.6) is 0 Å². The highest BCUT2D eigenvalue weighted by molar-refractivity contribution is 5.79. The Morgan fingerprint density at radius 1 is 1.27 bits per heavy atom. The minimum absolute atomic E-state index is 0.0955. The highest BCUT2D eigenvalue weighted by atomic mass is 19.1. The molecule has 1 amide bonds. The van der Waals surface area contributed by atoms with Crippen molar-refractivity contribution in [1.82, 2.24) is 16.0 Å². The molecule has 7 heteroatoms. The maximum absolute atomic E-state index is 13.7. The predicted molar refractivity (Wildman–Crippen MR) is 103 cm³/mol. The third kappa shape index (κ3) is 8.69. The maximum atomic E-state index is 13.7. The van der Waals surface area contributed by atoms with Crippen molar-refractivity contribution in [3.8, 4) is 0 Å². The first kappa shape index (κ1) is 21.7. The number of rotatable bonds is 7. The molecule has 1 aromatic carbocycles. The molecule has 0 aliphatic heterocycles. The van der Waals surface area contributed by atoms with Crippen LogP contribution in [0.3, 0.4) is 0 Å². The molecule has 0 saturated carbocycles. The fraction of sp³-hybridized carbons (Fsp3) is 0.579. The summed E-state index contributed by atoms with van der Waals surface area (Å²) in [5, 5.41) is 9.10. The number of amides is 1. The number of alkyl carbamates (subject to hydrolysis) is 1. The number of nitrogens with zero attached hydrogens (tertiary/aromatic N) is 1. The minimum Gasteiger partial charge on any atom is -0.444 e. The van der Waals surface area contributed by atoms with Gasteiger partial charge in [-0.1, -0.05) is 31.5 Å². The third-order valence-corrected chi connectivity index (χ3v) is 3.50. The molecule has 3 N–H and O–H groups in total. The van der Waals surface area contributed by atoms with Crippen molar-refractivity contribution in [3.63, 3.8) is 0 Å². The Balaban J connectivity index is 2.52. The van der Waals surface area contributed by atoms with Gasteiger partial charge >= 0.3 is 6.09 Å². The Labute approximate surface area is 155 Å². The molecule has 0 spiro atoms. The Morgan fingerprint density at radius 2 is 1.96 bits per heavy atom. The number of guanidine groups is 1. The van der Waals surface area contributed by atoms with E-state index in [1.54, 1.807) is 25.2 Å². The van der Waals surface area contributed by atoms with Crippen LogP contribution in [0, 0.1) is 5.82 Å². The summed E-state index contributed by atoms with van der Waals surface area (Å²) in [6, 6.07) is 6.50. The largest absolute Gasteiger partial charge is 0.444 e. The average molecular weight is 366 g/mol. The van der Waals surface area contributed by atoms with Crippen LogP contribution >= 0.6 is 0 Å². The van der Waals surface area contributed by atoms with Crippen molar-refractivity contribution in [2.45, 2.75) is 58.7 Å². The first-order valence-electron chi connectivity index (χ1n) is 8.92. The topological polar surface area (TPSA) is 74.8 Å². The van der Waals surface area contributed by atoms with E-state index in [-0.39, 0.29) is 11.9 Å². The molecule has 6 nitrogen and oxygen atoms in total. The van der Waals surface area contributed by atoms with E-state index in [4.69, 9.17) is 4.74 Å². The van der Waals surface area contributed by atoms with Crippen LogP contribution < -0.4 is 16.0 Å². The van der Waals surface area contributed by atoms with Crippen LogP contribution in [0.25, 0.3) is 0 Å². The van der Waals surface area contributed by atoms with Crippen molar-refractivity contribution in [1.29, 1.82) is 0 Å². The number of carbonyl (C=O) groups excluding carboxylic acids is 1. The van der Waals surface area contributed by atoms with Gasteiger partial charge in [-0.3, -0.25) is 4.99 Å². The molecule has 0 saturated heterocycles. The Bertz CT molecular complexity index is 599. The van der Waals surface area contributed by atoms with E-state index in [0.717, 1.165) is 12.8 Å². The van der Waals surface area contributed by atoms with E-state index in [9.17, 15) is 9.18 Å². The number of hydrogen-bond donors (Lipinski definition) is 3. The first-order chi connectivity index (χ1) is 12.2. The minimum atomic E-state index is -0.536. The molecule has 1 atom stereocenters. The molecule has 1 aromatic rings. The summed E-state index contributed by atoms with van der Waals surface area (Å²) in [5.74, 6) is 0.284. The second-order valence-electron chi connectivity index (χ2n) is 7.03. The molecular formula is C19H31FN4O2. The summed E-state index contributed by atoms with van der Waals surface area (Å²) in [6.07, 6.45) is 1.28. The van der Waals surface area contributed by atoms with Crippen LogP contribution in [-0.2, 0) is 11.3 Å². The first-order valence-corrected chi connectivity index (χ1v) is 8.92. The van der Waals surface area contributed by atoms with Crippen molar-refractivity contribution in [2.75, 3.05) is 13.6 Å². The standard InChI is InChI=1S/C19H31FN4O2/c1-6-9-15(24-18(25)26-19(2,3)4)13-23-17(21-5)22-12-14-10-7-8-11-16(14)20/h7-8,10-11,15H,6,9,12-13H2,1-5H3,(H,24,25)(H2,21,22,23). The number of hydrogen-bond acceptors (Lipinski definition) is 3. The van der Waals surface area contributed by atoms with Gasteiger partial charge in [0.1, 0.15) is 11.4 Å². The molecule has 0 aromatic heterocycles. The average Bonchev–Trinajstić information content (AvgIpc) is 2.54. The summed E-state index contributed by atoms with van der Waals surface area (Å²) in [5.41, 5.74) is 0.0264. The van der Waals surface area contributed by atoms with Gasteiger partial charge in [-0.05, 0) is 33.3 Å². The molecule has 146 valence electrons. The second-order valence-corrected chi connectivity index (χ2v) is 7.03. The van der Waals surface area contributed by atoms with Gasteiger partial charge in [0, 0.05) is 31.7 Å². The van der Waals surface area contributed by atoms with Crippen molar-refractivity contribution >= 4 is 12.1 Å². The number of benzene rings is 1. The van der Waals surface area contributed by atoms with E-state index in [0.29, 0.717) is 24.6 Å². The molecule has 0 aliphatic carbocycles. The van der Waals surface area contributed by atoms with Crippen LogP contribution in [0.4, 0.5) is 9.18 Å². The van der Waals surface area contributed by atoms with Gasteiger partial charge in [0.25, 0.3) is 0 Å². The van der Waals surface area contributed by atoms with Gasteiger partial charge in [-0.15, -0.1) is 0 Å². The van der Waals surface area contributed by atoms with E-state index in [2.05, 4.69) is 27.9 Å². The van der Waals surface area contributed by atoms with Crippen LogP contribution in [0.1, 0.15) is 46.1 Å². The summed E-state index contributed by atoms with van der Waals surface area (Å²) in [7, 11) is 1.65. The zero-order chi connectivity index (χ0) is 19.6. The second kappa shape index (κ2) is 10.6. The van der Waals surface area contributed by atoms with E-state index in [1.165, 1.54) is 6.07 Å². The van der Waals surface area contributed by atoms with Crippen LogP contribution in [-0.4, -0.2) is 37.3 Å². The quantitative estimate of drug-likeness (QED) is 0.512. The van der Waals surface area contributed by atoms with Gasteiger partial charge in [-0.2, -0.15) is 0 Å². The zero-order valence-electron chi connectivity index (χ0n) is 16.4. The monoisotopic (exact) mass is 366 g/mol. The number of aliphatic imine (C=N–C) groups is 1. The molecule has 0 heterocycles. The highest BCUT2D eigenvalue weighted by Crippen LogP contribution is 2.08. The number of ether oxygens (including phenoxy) is 1. The van der Waals surface area contributed by atoms with Crippen molar-refractivity contribution in [3.05, 3.63) is 35.6 Å². The van der Waals surface area contributed by atoms with Crippen LogP contribution in [0.15, 0.2) is 29.3 Å². The van der Waals surface area contributed by atoms with E-state index >= 15 is 0 Å². The van der Waals surface area contributed by atoms with Gasteiger partial charge in [0.05, 0.1) is 0 Å². The summed E-state index contributed by atoms with van der Waals surface area (Å²) in [6.45, 7) is 8.35. The predicted octanol–water partition coefficient (Wildman–Crippen LogP) is 3.18. The van der Waals surface area contributed by atoms with E-state index in [1.807, 2.05) is 20.8 Å². The Kier molecular flexibility index (Phi) is 8.88. The highest BCUT2D eigenvalue weighted by Gasteiger charge is 2.19. The lowest BCUT2D eigenvalue weighted by molar-refractivity contribution is 0.0502. The molecule has 0 aliphatic rings. The lowest BCUT2D eigenvalue weighted by Gasteiger charge is -2.24. The fourth-order valence-corrected chi connectivity index (χ4v) is 2.31. The van der Waals surface area contributed by atoms with Crippen LogP contribution in [0.2, 0.25) is 0 Å². The Morgan fingerprint density at radius 3 is 2.54 bits per heavy atom. The number of nitrogens with one attached hydrogen (secondary N) is 3. The fourth-order valence-electron chi connectivity index (χ4n) is 2.31. The molecule has 0 radical (unpaired) electrons. The molecule has 26 heavy (non-hydrogen) atoms. The lowest BCUT2D eigenvalue weighted by Crippen LogP contribution is -2.48. The molecule has 0 bridgehead atoms.